The first-order chi connectivity index (χ1) is 9.28. The summed E-state index contributed by atoms with van der Waals surface area (Å²) >= 11 is 0. The zero-order chi connectivity index (χ0) is 13.2. The first kappa shape index (κ1) is 12.4. The van der Waals surface area contributed by atoms with Gasteiger partial charge in [-0.15, -0.1) is 0 Å². The number of rotatable bonds is 5. The Kier molecular flexibility index (Phi) is 3.34. The molecular formula is C15H18FN3. The van der Waals surface area contributed by atoms with Crippen molar-refractivity contribution in [2.45, 2.75) is 38.9 Å². The molecule has 100 valence electrons. The highest BCUT2D eigenvalue weighted by Gasteiger charge is 2.21. The molecule has 0 bridgehead atoms. The zero-order valence-electron chi connectivity index (χ0n) is 11.1. The summed E-state index contributed by atoms with van der Waals surface area (Å²) in [4.78, 5) is 4.40. The fourth-order valence-electron chi connectivity index (χ4n) is 2.28. The van der Waals surface area contributed by atoms with Crippen LogP contribution in [0.25, 0.3) is 11.4 Å². The Morgan fingerprint density at radius 3 is 3.00 bits per heavy atom. The smallest absolute Gasteiger partial charge is 0.140 e. The Morgan fingerprint density at radius 2 is 2.26 bits per heavy atom. The summed E-state index contributed by atoms with van der Waals surface area (Å²) in [7, 11) is 0. The number of aryl methyl sites for hydroxylation is 1. The molecule has 0 saturated heterocycles. The fourth-order valence-corrected chi connectivity index (χ4v) is 2.28. The molecule has 1 aliphatic rings. The third kappa shape index (κ3) is 2.68. The summed E-state index contributed by atoms with van der Waals surface area (Å²) < 4.78 is 15.5. The van der Waals surface area contributed by atoms with E-state index in [0.717, 1.165) is 23.5 Å². The van der Waals surface area contributed by atoms with Gasteiger partial charge in [0.25, 0.3) is 0 Å². The topological polar surface area (TPSA) is 29.9 Å². The maximum Gasteiger partial charge on any atom is 0.140 e. The number of nitrogens with zero attached hydrogens (tertiary/aromatic N) is 2. The number of halogens is 1. The van der Waals surface area contributed by atoms with Crippen LogP contribution in [0.15, 0.2) is 30.6 Å². The van der Waals surface area contributed by atoms with Crippen molar-refractivity contribution >= 4 is 0 Å². The maximum atomic E-state index is 13.5. The van der Waals surface area contributed by atoms with E-state index in [9.17, 15) is 4.39 Å². The number of hydrogen-bond donors (Lipinski definition) is 1. The average molecular weight is 259 g/mol. The van der Waals surface area contributed by atoms with Gasteiger partial charge in [-0.3, -0.25) is 0 Å². The number of benzene rings is 1. The lowest BCUT2D eigenvalue weighted by Crippen LogP contribution is -2.16. The van der Waals surface area contributed by atoms with E-state index in [1.165, 1.54) is 18.9 Å². The van der Waals surface area contributed by atoms with Crippen LogP contribution >= 0.6 is 0 Å². The number of hydrogen-bond acceptors (Lipinski definition) is 2. The summed E-state index contributed by atoms with van der Waals surface area (Å²) in [6.07, 6.45) is 6.21. The number of imidazole rings is 1. The Morgan fingerprint density at radius 1 is 1.42 bits per heavy atom. The van der Waals surface area contributed by atoms with Crippen LogP contribution in [-0.2, 0) is 13.1 Å². The summed E-state index contributed by atoms with van der Waals surface area (Å²) in [6.45, 7) is 3.65. The minimum Gasteiger partial charge on any atom is -0.331 e. The Balaban J connectivity index is 1.94. The molecule has 1 heterocycles. The van der Waals surface area contributed by atoms with E-state index >= 15 is 0 Å². The van der Waals surface area contributed by atoms with Crippen molar-refractivity contribution in [1.82, 2.24) is 14.9 Å². The predicted molar refractivity (Wildman–Crippen MR) is 73.2 cm³/mol. The molecule has 0 radical (unpaired) electrons. The molecule has 1 N–H and O–H groups in total. The van der Waals surface area contributed by atoms with Crippen molar-refractivity contribution < 1.29 is 4.39 Å². The second-order valence-corrected chi connectivity index (χ2v) is 4.99. The van der Waals surface area contributed by atoms with Crippen molar-refractivity contribution in [2.75, 3.05) is 0 Å². The molecule has 0 spiro atoms. The molecule has 0 amide bonds. The van der Waals surface area contributed by atoms with Crippen molar-refractivity contribution in [3.05, 3.63) is 42.0 Å². The lowest BCUT2D eigenvalue weighted by molar-refractivity contribution is 0.619. The van der Waals surface area contributed by atoms with Gasteiger partial charge in [0.1, 0.15) is 11.6 Å². The molecule has 0 unspecified atom stereocenters. The van der Waals surface area contributed by atoms with Crippen LogP contribution in [0.3, 0.4) is 0 Å². The minimum absolute atomic E-state index is 0.189. The van der Waals surface area contributed by atoms with Gasteiger partial charge in [0.2, 0.25) is 0 Å². The highest BCUT2D eigenvalue weighted by atomic mass is 19.1. The highest BCUT2D eigenvalue weighted by molar-refractivity contribution is 5.60. The van der Waals surface area contributed by atoms with Crippen LogP contribution < -0.4 is 5.32 Å². The monoisotopic (exact) mass is 259 g/mol. The van der Waals surface area contributed by atoms with Gasteiger partial charge >= 0.3 is 0 Å². The van der Waals surface area contributed by atoms with E-state index in [-0.39, 0.29) is 5.82 Å². The first-order valence-electron chi connectivity index (χ1n) is 6.81. The summed E-state index contributed by atoms with van der Waals surface area (Å²) in [6, 6.07) is 5.56. The minimum atomic E-state index is -0.189. The van der Waals surface area contributed by atoms with Crippen LogP contribution in [0, 0.1) is 5.82 Å². The standard InChI is InChI=1S/C15H18FN3/c1-2-19-8-7-17-15(19)14-6-3-12(16)9-11(14)10-18-13-4-5-13/h3,6-9,13,18H,2,4-5,10H2,1H3. The van der Waals surface area contributed by atoms with Crippen LogP contribution in [0.1, 0.15) is 25.3 Å². The summed E-state index contributed by atoms with van der Waals surface area (Å²) in [5.74, 6) is 0.723. The average Bonchev–Trinajstić information content (AvgIpc) is 3.13. The van der Waals surface area contributed by atoms with Gasteiger partial charge in [0.15, 0.2) is 0 Å². The molecule has 4 heteroatoms. The molecule has 1 aromatic carbocycles. The van der Waals surface area contributed by atoms with Crippen molar-refractivity contribution in [3.8, 4) is 11.4 Å². The molecule has 1 saturated carbocycles. The van der Waals surface area contributed by atoms with Crippen LogP contribution in [0.2, 0.25) is 0 Å². The third-order valence-electron chi connectivity index (χ3n) is 3.52. The molecule has 2 aromatic rings. The van der Waals surface area contributed by atoms with Gasteiger partial charge in [-0.05, 0) is 43.5 Å². The lowest BCUT2D eigenvalue weighted by atomic mass is 10.1. The molecule has 1 fully saturated rings. The van der Waals surface area contributed by atoms with E-state index in [2.05, 4.69) is 21.8 Å². The quantitative estimate of drug-likeness (QED) is 0.894. The third-order valence-corrected chi connectivity index (χ3v) is 3.52. The van der Waals surface area contributed by atoms with Crippen molar-refractivity contribution in [3.63, 3.8) is 0 Å². The number of aromatic nitrogens is 2. The zero-order valence-corrected chi connectivity index (χ0v) is 11.1. The van der Waals surface area contributed by atoms with Crippen molar-refractivity contribution in [1.29, 1.82) is 0 Å². The lowest BCUT2D eigenvalue weighted by Gasteiger charge is -2.11. The van der Waals surface area contributed by atoms with E-state index < -0.39 is 0 Å². The normalized spacial score (nSPS) is 14.8. The Hall–Kier alpha value is -1.68. The van der Waals surface area contributed by atoms with E-state index in [4.69, 9.17) is 0 Å². The van der Waals surface area contributed by atoms with E-state index in [0.29, 0.717) is 12.6 Å². The van der Waals surface area contributed by atoms with Crippen LogP contribution in [0.5, 0.6) is 0 Å². The second kappa shape index (κ2) is 5.13. The maximum absolute atomic E-state index is 13.5. The molecule has 19 heavy (non-hydrogen) atoms. The Bertz CT molecular complexity index is 573. The van der Waals surface area contributed by atoms with Crippen LogP contribution in [0.4, 0.5) is 4.39 Å². The van der Waals surface area contributed by atoms with E-state index in [1.807, 2.05) is 12.3 Å². The molecule has 1 aromatic heterocycles. The second-order valence-electron chi connectivity index (χ2n) is 4.99. The molecule has 0 atom stereocenters. The van der Waals surface area contributed by atoms with Gasteiger partial charge in [-0.2, -0.15) is 0 Å². The molecule has 1 aliphatic carbocycles. The van der Waals surface area contributed by atoms with Crippen LogP contribution in [-0.4, -0.2) is 15.6 Å². The van der Waals surface area contributed by atoms with Crippen molar-refractivity contribution in [2.24, 2.45) is 0 Å². The molecule has 3 rings (SSSR count). The molecular weight excluding hydrogens is 241 g/mol. The van der Waals surface area contributed by atoms with Gasteiger partial charge in [0.05, 0.1) is 0 Å². The summed E-state index contributed by atoms with van der Waals surface area (Å²) in [5.41, 5.74) is 1.99. The fraction of sp³-hybridized carbons (Fsp3) is 0.400. The van der Waals surface area contributed by atoms with Gasteiger partial charge in [0, 0.05) is 37.1 Å². The van der Waals surface area contributed by atoms with Gasteiger partial charge < -0.3 is 9.88 Å². The van der Waals surface area contributed by atoms with Gasteiger partial charge in [-0.25, -0.2) is 9.37 Å². The number of nitrogens with one attached hydrogen (secondary N) is 1. The van der Waals surface area contributed by atoms with Gasteiger partial charge in [-0.1, -0.05) is 0 Å². The largest absolute Gasteiger partial charge is 0.331 e. The molecule has 0 aliphatic heterocycles. The molecule has 3 nitrogen and oxygen atoms in total. The van der Waals surface area contributed by atoms with E-state index in [1.54, 1.807) is 12.3 Å². The Labute approximate surface area is 112 Å². The predicted octanol–water partition coefficient (Wildman–Crippen LogP) is 2.96. The summed E-state index contributed by atoms with van der Waals surface area (Å²) in [5, 5.41) is 3.44. The first-order valence-corrected chi connectivity index (χ1v) is 6.81. The highest BCUT2D eigenvalue weighted by Crippen LogP contribution is 2.25. The SMILES string of the molecule is CCn1ccnc1-c1ccc(F)cc1CNC1CC1.